The van der Waals surface area contributed by atoms with Gasteiger partial charge in [0.1, 0.15) is 5.82 Å². The van der Waals surface area contributed by atoms with E-state index >= 15 is 0 Å². The maximum Gasteiger partial charge on any atom is 0.194 e. The van der Waals surface area contributed by atoms with Crippen molar-refractivity contribution in [1.29, 1.82) is 0 Å². The van der Waals surface area contributed by atoms with Crippen LogP contribution in [0.25, 0.3) is 0 Å². The summed E-state index contributed by atoms with van der Waals surface area (Å²) in [5.74, 6) is 3.15. The Kier molecular flexibility index (Phi) is 5.00. The molecule has 1 fully saturated rings. The molecule has 0 spiro atoms. The summed E-state index contributed by atoms with van der Waals surface area (Å²) in [6, 6.07) is 0. The summed E-state index contributed by atoms with van der Waals surface area (Å²) >= 11 is 0. The van der Waals surface area contributed by atoms with Crippen molar-refractivity contribution in [2.45, 2.75) is 38.8 Å². The van der Waals surface area contributed by atoms with Crippen LogP contribution in [-0.2, 0) is 19.5 Å². The van der Waals surface area contributed by atoms with Gasteiger partial charge in [0.25, 0.3) is 0 Å². The second kappa shape index (κ2) is 6.53. The zero-order valence-electron chi connectivity index (χ0n) is 11.3. The van der Waals surface area contributed by atoms with Gasteiger partial charge in [0.15, 0.2) is 11.8 Å². The minimum atomic E-state index is 0. The molecule has 6 nitrogen and oxygen atoms in total. The van der Waals surface area contributed by atoms with Gasteiger partial charge in [-0.3, -0.25) is 4.99 Å². The quantitative estimate of drug-likeness (QED) is 0.476. The number of nitrogens with one attached hydrogen (secondary N) is 1. The summed E-state index contributed by atoms with van der Waals surface area (Å²) in [7, 11) is 1.84. The predicted molar refractivity (Wildman–Crippen MR) is 84.8 cm³/mol. The van der Waals surface area contributed by atoms with Gasteiger partial charge in [0.05, 0.1) is 6.54 Å². The number of aromatic nitrogens is 3. The van der Waals surface area contributed by atoms with Crippen LogP contribution in [0.4, 0.5) is 0 Å². The number of halogens is 1. The minimum Gasteiger partial charge on any atom is -0.349 e. The first-order valence-corrected chi connectivity index (χ1v) is 6.75. The average Bonchev–Trinajstić information content (AvgIpc) is 3.07. The van der Waals surface area contributed by atoms with Crippen molar-refractivity contribution in [3.05, 3.63) is 11.6 Å². The van der Waals surface area contributed by atoms with E-state index in [9.17, 15) is 0 Å². The largest absolute Gasteiger partial charge is 0.349 e. The number of hydrogen-bond acceptors (Lipinski definition) is 3. The molecule has 0 bridgehead atoms. The molecule has 3 rings (SSSR count). The molecular formula is C12H21IN6. The molecule has 7 heteroatoms. The molecule has 0 atom stereocenters. The number of guanidine groups is 1. The van der Waals surface area contributed by atoms with Gasteiger partial charge in [-0.2, -0.15) is 0 Å². The highest BCUT2D eigenvalue weighted by Crippen LogP contribution is 2.14. The van der Waals surface area contributed by atoms with Crippen LogP contribution in [0.2, 0.25) is 0 Å². The van der Waals surface area contributed by atoms with Crippen LogP contribution in [0.1, 0.15) is 30.9 Å². The number of rotatable bonds is 2. The van der Waals surface area contributed by atoms with E-state index in [4.69, 9.17) is 0 Å². The zero-order chi connectivity index (χ0) is 12.4. The van der Waals surface area contributed by atoms with Crippen molar-refractivity contribution >= 4 is 29.9 Å². The first-order chi connectivity index (χ1) is 8.88. The van der Waals surface area contributed by atoms with Crippen molar-refractivity contribution in [2.24, 2.45) is 4.99 Å². The van der Waals surface area contributed by atoms with E-state index in [1.807, 2.05) is 7.05 Å². The Balaban J connectivity index is 0.00000133. The molecule has 1 aromatic rings. The van der Waals surface area contributed by atoms with Crippen molar-refractivity contribution in [3.8, 4) is 0 Å². The fraction of sp³-hybridized carbons (Fsp3) is 0.750. The summed E-state index contributed by atoms with van der Waals surface area (Å²) in [5.41, 5.74) is 0. The molecule has 1 aromatic heterocycles. The third kappa shape index (κ3) is 3.01. The molecule has 1 saturated heterocycles. The first kappa shape index (κ1) is 14.5. The first-order valence-electron chi connectivity index (χ1n) is 6.75. The van der Waals surface area contributed by atoms with E-state index in [1.165, 1.54) is 19.3 Å². The van der Waals surface area contributed by atoms with E-state index in [0.29, 0.717) is 0 Å². The Bertz CT molecular complexity index is 449. The third-order valence-electron chi connectivity index (χ3n) is 3.71. The Hall–Kier alpha value is -0.860. The molecular weight excluding hydrogens is 355 g/mol. The molecule has 0 unspecified atom stereocenters. The molecule has 2 aliphatic heterocycles. The number of aryl methyl sites for hydroxylation is 1. The average molecular weight is 376 g/mol. The lowest BCUT2D eigenvalue weighted by Gasteiger charge is -2.20. The lowest BCUT2D eigenvalue weighted by molar-refractivity contribution is 0.490. The number of aliphatic imine (C=N–C) groups is 1. The molecule has 0 radical (unpaired) electrons. The molecule has 0 aliphatic carbocycles. The van der Waals surface area contributed by atoms with Gasteiger partial charge in [-0.15, -0.1) is 34.2 Å². The van der Waals surface area contributed by atoms with E-state index in [2.05, 4.69) is 30.0 Å². The smallest absolute Gasteiger partial charge is 0.194 e. The summed E-state index contributed by atoms with van der Waals surface area (Å²) in [6.45, 7) is 3.99. The Morgan fingerprint density at radius 3 is 2.74 bits per heavy atom. The number of nitrogens with zero attached hydrogens (tertiary/aromatic N) is 5. The van der Waals surface area contributed by atoms with E-state index in [0.717, 1.165) is 50.2 Å². The maximum atomic E-state index is 4.34. The van der Waals surface area contributed by atoms with Crippen LogP contribution in [-0.4, -0.2) is 45.8 Å². The van der Waals surface area contributed by atoms with Crippen LogP contribution in [0.15, 0.2) is 4.99 Å². The van der Waals surface area contributed by atoms with Gasteiger partial charge >= 0.3 is 0 Å². The fourth-order valence-corrected chi connectivity index (χ4v) is 2.76. The van der Waals surface area contributed by atoms with Gasteiger partial charge in [-0.1, -0.05) is 0 Å². The van der Waals surface area contributed by atoms with Crippen LogP contribution in [0, 0.1) is 0 Å². The standard InChI is InChI=1S/C12H20N6.HI/c1-13-12(17-6-2-3-7-17)14-9-11-16-15-10-5-4-8-18(10)11;/h2-9H2,1H3,(H,13,14);1H. The lowest BCUT2D eigenvalue weighted by Crippen LogP contribution is -2.39. The second-order valence-corrected chi connectivity index (χ2v) is 4.88. The van der Waals surface area contributed by atoms with Crippen LogP contribution < -0.4 is 5.32 Å². The van der Waals surface area contributed by atoms with Crippen LogP contribution in [0.3, 0.4) is 0 Å². The number of hydrogen-bond donors (Lipinski definition) is 1. The second-order valence-electron chi connectivity index (χ2n) is 4.88. The third-order valence-corrected chi connectivity index (χ3v) is 3.71. The van der Waals surface area contributed by atoms with Gasteiger partial charge in [0, 0.05) is 33.1 Å². The highest BCUT2D eigenvalue weighted by molar-refractivity contribution is 14.0. The Labute approximate surface area is 130 Å². The van der Waals surface area contributed by atoms with Crippen molar-refractivity contribution in [3.63, 3.8) is 0 Å². The SMILES string of the molecule is CN=C(NCc1nnc2n1CCC2)N1CCCC1.I. The molecule has 0 aromatic carbocycles. The Morgan fingerprint density at radius 2 is 2.00 bits per heavy atom. The summed E-state index contributed by atoms with van der Waals surface area (Å²) in [5, 5.41) is 11.9. The van der Waals surface area contributed by atoms with Crippen LogP contribution in [0.5, 0.6) is 0 Å². The fourth-order valence-electron chi connectivity index (χ4n) is 2.76. The molecule has 3 heterocycles. The van der Waals surface area contributed by atoms with Gasteiger partial charge in [0.2, 0.25) is 0 Å². The highest BCUT2D eigenvalue weighted by atomic mass is 127. The monoisotopic (exact) mass is 376 g/mol. The lowest BCUT2D eigenvalue weighted by atomic mass is 10.4. The normalized spacial score (nSPS) is 18.4. The van der Waals surface area contributed by atoms with Crippen LogP contribution >= 0.6 is 24.0 Å². The molecule has 106 valence electrons. The molecule has 0 amide bonds. The van der Waals surface area contributed by atoms with Crippen molar-refractivity contribution in [2.75, 3.05) is 20.1 Å². The van der Waals surface area contributed by atoms with E-state index < -0.39 is 0 Å². The minimum absolute atomic E-state index is 0. The summed E-state index contributed by atoms with van der Waals surface area (Å²) in [4.78, 5) is 6.64. The maximum absolute atomic E-state index is 4.34. The molecule has 19 heavy (non-hydrogen) atoms. The summed E-state index contributed by atoms with van der Waals surface area (Å²) in [6.07, 6.45) is 4.79. The van der Waals surface area contributed by atoms with Gasteiger partial charge < -0.3 is 14.8 Å². The number of likely N-dealkylation sites (tertiary alicyclic amines) is 1. The van der Waals surface area contributed by atoms with E-state index in [-0.39, 0.29) is 24.0 Å². The van der Waals surface area contributed by atoms with Gasteiger partial charge in [-0.25, -0.2) is 0 Å². The topological polar surface area (TPSA) is 58.3 Å². The molecule has 1 N–H and O–H groups in total. The van der Waals surface area contributed by atoms with Gasteiger partial charge in [-0.05, 0) is 19.3 Å². The molecule has 2 aliphatic rings. The number of fused-ring (bicyclic) bond motifs is 1. The van der Waals surface area contributed by atoms with Crippen molar-refractivity contribution < 1.29 is 0 Å². The Morgan fingerprint density at radius 1 is 1.21 bits per heavy atom. The predicted octanol–water partition coefficient (Wildman–Crippen LogP) is 1.01. The molecule has 0 saturated carbocycles. The van der Waals surface area contributed by atoms with E-state index in [1.54, 1.807) is 0 Å². The van der Waals surface area contributed by atoms with Crippen molar-refractivity contribution in [1.82, 2.24) is 25.0 Å². The zero-order valence-corrected chi connectivity index (χ0v) is 13.6. The highest BCUT2D eigenvalue weighted by Gasteiger charge is 2.19. The summed E-state index contributed by atoms with van der Waals surface area (Å²) < 4.78 is 2.23.